The summed E-state index contributed by atoms with van der Waals surface area (Å²) in [5.74, 6) is 0.198. The third-order valence-electron chi connectivity index (χ3n) is 4.17. The van der Waals surface area contributed by atoms with Crippen LogP contribution in [-0.2, 0) is 9.53 Å². The van der Waals surface area contributed by atoms with Gasteiger partial charge in [0.1, 0.15) is 0 Å². The Morgan fingerprint density at radius 1 is 1.38 bits per heavy atom. The van der Waals surface area contributed by atoms with E-state index in [1.54, 1.807) is 7.11 Å². The zero-order valence-electron chi connectivity index (χ0n) is 13.3. The molecule has 0 aromatic heterocycles. The topological polar surface area (TPSA) is 41.6 Å². The average Bonchev–Trinajstić information content (AvgIpc) is 2.49. The molecule has 4 nitrogen and oxygen atoms in total. The molecule has 0 spiro atoms. The number of aryl methyl sites for hydroxylation is 2. The van der Waals surface area contributed by atoms with Crippen LogP contribution in [0.5, 0.6) is 0 Å². The summed E-state index contributed by atoms with van der Waals surface area (Å²) >= 11 is 0. The van der Waals surface area contributed by atoms with Gasteiger partial charge >= 0.3 is 0 Å². The van der Waals surface area contributed by atoms with Gasteiger partial charge in [-0.05, 0) is 49.9 Å². The van der Waals surface area contributed by atoms with Crippen molar-refractivity contribution < 1.29 is 9.53 Å². The minimum Gasteiger partial charge on any atom is -0.384 e. The molecule has 0 aliphatic carbocycles. The minimum absolute atomic E-state index is 0.198. The van der Waals surface area contributed by atoms with Crippen molar-refractivity contribution in [1.29, 1.82) is 0 Å². The minimum atomic E-state index is 0.198. The molecule has 0 bridgehead atoms. The van der Waals surface area contributed by atoms with E-state index in [2.05, 4.69) is 37.4 Å². The van der Waals surface area contributed by atoms with Crippen LogP contribution in [0.2, 0.25) is 0 Å². The number of nitrogens with one attached hydrogen (secondary N) is 1. The van der Waals surface area contributed by atoms with Crippen LogP contribution in [0.1, 0.15) is 30.4 Å². The number of carbonyl (C=O) groups excluding carboxylic acids is 1. The Hall–Kier alpha value is -1.55. The molecule has 0 saturated carbocycles. The maximum atomic E-state index is 12.1. The fraction of sp³-hybridized carbons (Fsp3) is 0.588. The summed E-state index contributed by atoms with van der Waals surface area (Å²) in [5, 5.41) is 3.56. The number of hydrogen-bond donors (Lipinski definition) is 1. The maximum Gasteiger partial charge on any atom is 0.224 e. The van der Waals surface area contributed by atoms with Gasteiger partial charge in [0.2, 0.25) is 5.91 Å². The second-order valence-electron chi connectivity index (χ2n) is 5.87. The van der Waals surface area contributed by atoms with Crippen molar-refractivity contribution in [2.24, 2.45) is 0 Å². The molecule has 0 radical (unpaired) electrons. The molecule has 1 aromatic carbocycles. The molecule has 1 aliphatic heterocycles. The van der Waals surface area contributed by atoms with E-state index >= 15 is 0 Å². The quantitative estimate of drug-likeness (QED) is 0.906. The van der Waals surface area contributed by atoms with Crippen LogP contribution < -0.4 is 5.32 Å². The molecule has 1 fully saturated rings. The molecule has 1 aromatic rings. The number of piperidine rings is 1. The molecule has 1 heterocycles. The molecule has 21 heavy (non-hydrogen) atoms. The second kappa shape index (κ2) is 7.46. The van der Waals surface area contributed by atoms with E-state index in [1.165, 1.54) is 11.1 Å². The number of benzene rings is 1. The van der Waals surface area contributed by atoms with Crippen molar-refractivity contribution >= 4 is 11.6 Å². The van der Waals surface area contributed by atoms with E-state index in [9.17, 15) is 4.79 Å². The summed E-state index contributed by atoms with van der Waals surface area (Å²) in [6.45, 7) is 6.41. The molecule has 1 aliphatic rings. The predicted octanol–water partition coefficient (Wildman–Crippen LogP) is 2.74. The summed E-state index contributed by atoms with van der Waals surface area (Å²) < 4.78 is 4.99. The summed E-state index contributed by atoms with van der Waals surface area (Å²) in [5.41, 5.74) is 3.75. The zero-order chi connectivity index (χ0) is 15.2. The summed E-state index contributed by atoms with van der Waals surface area (Å²) in [4.78, 5) is 14.0. The van der Waals surface area contributed by atoms with Crippen molar-refractivity contribution in [2.45, 2.75) is 39.2 Å². The Labute approximate surface area is 127 Å². The van der Waals surface area contributed by atoms with E-state index in [1.807, 2.05) is 4.90 Å². The highest BCUT2D eigenvalue weighted by Crippen LogP contribution is 2.19. The van der Waals surface area contributed by atoms with Crippen LogP contribution in [0, 0.1) is 13.8 Å². The largest absolute Gasteiger partial charge is 0.384 e. The first-order chi connectivity index (χ1) is 10.1. The van der Waals surface area contributed by atoms with Gasteiger partial charge in [-0.25, -0.2) is 0 Å². The number of rotatable bonds is 5. The molecule has 1 amide bonds. The maximum absolute atomic E-state index is 12.1. The van der Waals surface area contributed by atoms with Crippen LogP contribution in [0.3, 0.4) is 0 Å². The van der Waals surface area contributed by atoms with Gasteiger partial charge in [0.25, 0.3) is 0 Å². The van der Waals surface area contributed by atoms with Crippen molar-refractivity contribution in [3.05, 3.63) is 29.3 Å². The molecule has 1 unspecified atom stereocenters. The van der Waals surface area contributed by atoms with Crippen LogP contribution in [0.4, 0.5) is 5.69 Å². The van der Waals surface area contributed by atoms with E-state index in [-0.39, 0.29) is 5.91 Å². The number of amides is 1. The normalized spacial score (nSPS) is 18.6. The van der Waals surface area contributed by atoms with Crippen molar-refractivity contribution in [3.8, 4) is 0 Å². The monoisotopic (exact) mass is 290 g/mol. The molecule has 1 saturated heterocycles. The van der Waals surface area contributed by atoms with Gasteiger partial charge in [-0.3, -0.25) is 4.79 Å². The zero-order valence-corrected chi connectivity index (χ0v) is 13.3. The lowest BCUT2D eigenvalue weighted by molar-refractivity contribution is -0.133. The van der Waals surface area contributed by atoms with E-state index in [4.69, 9.17) is 4.74 Å². The fourth-order valence-electron chi connectivity index (χ4n) is 2.74. The number of hydrogen-bond acceptors (Lipinski definition) is 3. The van der Waals surface area contributed by atoms with E-state index in [0.717, 1.165) is 31.6 Å². The van der Waals surface area contributed by atoms with Crippen LogP contribution in [-0.4, -0.2) is 43.7 Å². The number of carbonyl (C=O) groups is 1. The summed E-state index contributed by atoms with van der Waals surface area (Å²) in [7, 11) is 1.63. The van der Waals surface area contributed by atoms with E-state index < -0.39 is 0 Å². The molecule has 4 heteroatoms. The van der Waals surface area contributed by atoms with Gasteiger partial charge in [-0.15, -0.1) is 0 Å². The number of ether oxygens (including phenoxy) is 1. The molecule has 116 valence electrons. The third-order valence-corrected chi connectivity index (χ3v) is 4.17. The smallest absolute Gasteiger partial charge is 0.224 e. The lowest BCUT2D eigenvalue weighted by Gasteiger charge is -2.34. The van der Waals surface area contributed by atoms with Gasteiger partial charge in [0, 0.05) is 31.9 Å². The highest BCUT2D eigenvalue weighted by atomic mass is 16.5. The Morgan fingerprint density at radius 2 is 2.19 bits per heavy atom. The van der Waals surface area contributed by atoms with Crippen LogP contribution >= 0.6 is 0 Å². The summed E-state index contributed by atoms with van der Waals surface area (Å²) in [6, 6.07) is 6.78. The van der Waals surface area contributed by atoms with Crippen molar-refractivity contribution in [1.82, 2.24) is 4.90 Å². The van der Waals surface area contributed by atoms with Gasteiger partial charge in [-0.2, -0.15) is 0 Å². The highest BCUT2D eigenvalue weighted by molar-refractivity contribution is 5.76. The molecule has 1 N–H and O–H groups in total. The number of likely N-dealkylation sites (tertiary alicyclic amines) is 1. The Bertz CT molecular complexity index is 488. The molecule has 1 atom stereocenters. The number of nitrogens with zero attached hydrogens (tertiary/aromatic N) is 1. The summed E-state index contributed by atoms with van der Waals surface area (Å²) in [6.07, 6.45) is 2.65. The Balaban J connectivity index is 1.91. The SMILES string of the molecule is COCCC(=O)N1CCCC(Nc2ccc(C)c(C)c2)C1. The van der Waals surface area contributed by atoms with Crippen molar-refractivity contribution in [2.75, 3.05) is 32.1 Å². The first-order valence-electron chi connectivity index (χ1n) is 7.70. The average molecular weight is 290 g/mol. The van der Waals surface area contributed by atoms with Crippen LogP contribution in [0.25, 0.3) is 0 Å². The lowest BCUT2D eigenvalue weighted by Crippen LogP contribution is -2.45. The standard InChI is InChI=1S/C17H26N2O2/c1-13-6-7-15(11-14(13)2)18-16-5-4-9-19(12-16)17(20)8-10-21-3/h6-7,11,16,18H,4-5,8-10,12H2,1-3H3. The van der Waals surface area contributed by atoms with Crippen molar-refractivity contribution in [3.63, 3.8) is 0 Å². The van der Waals surface area contributed by atoms with Gasteiger partial charge in [0.05, 0.1) is 13.0 Å². The first kappa shape index (κ1) is 15.8. The molecular weight excluding hydrogens is 264 g/mol. The van der Waals surface area contributed by atoms with E-state index in [0.29, 0.717) is 19.1 Å². The third kappa shape index (κ3) is 4.46. The highest BCUT2D eigenvalue weighted by Gasteiger charge is 2.23. The number of anilines is 1. The van der Waals surface area contributed by atoms with Gasteiger partial charge < -0.3 is 15.0 Å². The predicted molar refractivity (Wildman–Crippen MR) is 85.6 cm³/mol. The van der Waals surface area contributed by atoms with Gasteiger partial charge in [-0.1, -0.05) is 6.07 Å². The molecule has 2 rings (SSSR count). The Morgan fingerprint density at radius 3 is 2.90 bits per heavy atom. The second-order valence-corrected chi connectivity index (χ2v) is 5.87. The molecular formula is C17H26N2O2. The van der Waals surface area contributed by atoms with Crippen LogP contribution in [0.15, 0.2) is 18.2 Å². The lowest BCUT2D eigenvalue weighted by atomic mass is 10.0. The first-order valence-corrected chi connectivity index (χ1v) is 7.70. The number of methoxy groups -OCH3 is 1. The Kier molecular flexibility index (Phi) is 5.62. The fourth-order valence-corrected chi connectivity index (χ4v) is 2.74. The van der Waals surface area contributed by atoms with Gasteiger partial charge in [0.15, 0.2) is 0 Å².